The molecule has 3 heterocycles. The number of halogens is 1. The van der Waals surface area contributed by atoms with E-state index in [0.717, 1.165) is 18.4 Å². The lowest BCUT2D eigenvalue weighted by Gasteiger charge is -2.11. The Morgan fingerprint density at radius 3 is 2.96 bits per heavy atom. The third kappa shape index (κ3) is 4.13. The maximum atomic E-state index is 12.7. The summed E-state index contributed by atoms with van der Waals surface area (Å²) in [6, 6.07) is 8.68. The molecule has 0 spiro atoms. The average Bonchev–Trinajstić information content (AvgIpc) is 3.40. The Kier molecular flexibility index (Phi) is 5.52. The number of thiophene rings is 1. The van der Waals surface area contributed by atoms with Gasteiger partial charge >= 0.3 is 0 Å². The molecular weight excluding hydrogens is 422 g/mol. The van der Waals surface area contributed by atoms with Gasteiger partial charge in [0.15, 0.2) is 0 Å². The van der Waals surface area contributed by atoms with Gasteiger partial charge in [-0.25, -0.2) is 13.1 Å². The standard InChI is InChI=1S/C18H18ClN3O4S2/c1-11-16(28(23,24)20-10-14-6-3-7-25-14)9-15(27-11)18-21-17(22-26-18)12-4-2-5-13(19)8-12/h2,4-5,8-9,14,20H,3,6-7,10H2,1H3/t14-/m1/s1. The van der Waals surface area contributed by atoms with Gasteiger partial charge in [-0.05, 0) is 38.0 Å². The number of hydrogen-bond donors (Lipinski definition) is 1. The number of rotatable bonds is 6. The molecule has 0 amide bonds. The maximum absolute atomic E-state index is 12.7. The minimum absolute atomic E-state index is 0.0654. The molecule has 4 rings (SSSR count). The van der Waals surface area contributed by atoms with Crippen LogP contribution in [0.15, 0.2) is 39.8 Å². The third-order valence-corrected chi connectivity index (χ3v) is 7.36. The van der Waals surface area contributed by atoms with Gasteiger partial charge in [-0.15, -0.1) is 11.3 Å². The fraction of sp³-hybridized carbons (Fsp3) is 0.333. The van der Waals surface area contributed by atoms with E-state index < -0.39 is 10.0 Å². The Hall–Kier alpha value is -1.78. The summed E-state index contributed by atoms with van der Waals surface area (Å²) >= 11 is 7.29. The molecule has 7 nitrogen and oxygen atoms in total. The molecule has 0 radical (unpaired) electrons. The molecule has 1 N–H and O–H groups in total. The molecule has 148 valence electrons. The van der Waals surface area contributed by atoms with Gasteiger partial charge in [0.25, 0.3) is 5.89 Å². The van der Waals surface area contributed by atoms with Crippen LogP contribution in [0.2, 0.25) is 5.02 Å². The minimum atomic E-state index is -3.64. The van der Waals surface area contributed by atoms with Crippen molar-refractivity contribution in [2.75, 3.05) is 13.2 Å². The van der Waals surface area contributed by atoms with E-state index in [1.807, 2.05) is 6.07 Å². The van der Waals surface area contributed by atoms with E-state index in [9.17, 15) is 8.42 Å². The van der Waals surface area contributed by atoms with Crippen LogP contribution >= 0.6 is 22.9 Å². The zero-order valence-corrected chi connectivity index (χ0v) is 17.4. The Balaban J connectivity index is 1.56. The second kappa shape index (κ2) is 7.92. The smallest absolute Gasteiger partial charge is 0.268 e. The van der Waals surface area contributed by atoms with E-state index in [2.05, 4.69) is 14.9 Å². The predicted molar refractivity (Wildman–Crippen MR) is 107 cm³/mol. The van der Waals surface area contributed by atoms with Crippen molar-refractivity contribution in [2.45, 2.75) is 30.8 Å². The predicted octanol–water partition coefficient (Wildman–Crippen LogP) is 3.88. The summed E-state index contributed by atoms with van der Waals surface area (Å²) in [5.74, 6) is 0.660. The van der Waals surface area contributed by atoms with Gasteiger partial charge in [-0.1, -0.05) is 28.9 Å². The van der Waals surface area contributed by atoms with E-state index in [1.54, 1.807) is 31.2 Å². The molecule has 0 aliphatic carbocycles. The normalized spacial score (nSPS) is 17.3. The summed E-state index contributed by atoms with van der Waals surface area (Å²) in [6.45, 7) is 2.70. The number of hydrogen-bond acceptors (Lipinski definition) is 7. The zero-order valence-electron chi connectivity index (χ0n) is 15.0. The molecule has 10 heteroatoms. The van der Waals surface area contributed by atoms with Crippen molar-refractivity contribution >= 4 is 33.0 Å². The SMILES string of the molecule is Cc1sc(-c2nc(-c3cccc(Cl)c3)no2)cc1S(=O)(=O)NC[C@H]1CCCO1. The van der Waals surface area contributed by atoms with Crippen LogP contribution in [0.25, 0.3) is 22.2 Å². The topological polar surface area (TPSA) is 94.3 Å². The highest BCUT2D eigenvalue weighted by molar-refractivity contribution is 7.89. The number of benzene rings is 1. The van der Waals surface area contributed by atoms with Crippen LogP contribution in [0.4, 0.5) is 0 Å². The van der Waals surface area contributed by atoms with Gasteiger partial charge in [-0.2, -0.15) is 4.98 Å². The van der Waals surface area contributed by atoms with Crippen LogP contribution in [-0.4, -0.2) is 37.8 Å². The fourth-order valence-electron chi connectivity index (χ4n) is 2.99. The fourth-order valence-corrected chi connectivity index (χ4v) is 5.76. The largest absolute Gasteiger partial charge is 0.377 e. The Labute approximate surface area is 171 Å². The van der Waals surface area contributed by atoms with Gasteiger partial charge < -0.3 is 9.26 Å². The van der Waals surface area contributed by atoms with Crippen LogP contribution in [0.1, 0.15) is 17.7 Å². The maximum Gasteiger partial charge on any atom is 0.268 e. The second-order valence-corrected chi connectivity index (χ2v) is 9.88. The van der Waals surface area contributed by atoms with Crippen molar-refractivity contribution in [1.82, 2.24) is 14.9 Å². The molecule has 1 aliphatic rings. The first-order chi connectivity index (χ1) is 13.4. The zero-order chi connectivity index (χ0) is 19.7. The van der Waals surface area contributed by atoms with Crippen molar-refractivity contribution in [3.05, 3.63) is 40.2 Å². The van der Waals surface area contributed by atoms with Gasteiger partial charge in [0.05, 0.1) is 15.9 Å². The number of nitrogens with one attached hydrogen (secondary N) is 1. The highest BCUT2D eigenvalue weighted by atomic mass is 35.5. The first-order valence-electron chi connectivity index (χ1n) is 8.74. The van der Waals surface area contributed by atoms with E-state index >= 15 is 0 Å². The molecule has 1 atom stereocenters. The molecule has 2 aromatic heterocycles. The molecule has 1 aromatic carbocycles. The number of ether oxygens (including phenoxy) is 1. The molecule has 1 aliphatic heterocycles. The molecular formula is C18H18ClN3O4S2. The first kappa shape index (κ1) is 19.5. The molecule has 0 bridgehead atoms. The minimum Gasteiger partial charge on any atom is -0.377 e. The van der Waals surface area contributed by atoms with Crippen LogP contribution in [-0.2, 0) is 14.8 Å². The molecule has 0 saturated carbocycles. The summed E-state index contributed by atoms with van der Waals surface area (Å²) < 4.78 is 38.8. The van der Waals surface area contributed by atoms with Gasteiger partial charge in [0, 0.05) is 28.6 Å². The number of sulfonamides is 1. The molecule has 1 saturated heterocycles. The third-order valence-electron chi connectivity index (χ3n) is 4.41. The van der Waals surface area contributed by atoms with Crippen LogP contribution in [0.3, 0.4) is 0 Å². The Morgan fingerprint density at radius 1 is 1.36 bits per heavy atom. The molecule has 1 fully saturated rings. The van der Waals surface area contributed by atoms with E-state index in [4.69, 9.17) is 20.9 Å². The highest BCUT2D eigenvalue weighted by Crippen LogP contribution is 2.33. The molecule has 3 aromatic rings. The van der Waals surface area contributed by atoms with E-state index in [1.165, 1.54) is 11.3 Å². The number of aromatic nitrogens is 2. The van der Waals surface area contributed by atoms with Crippen molar-refractivity contribution in [3.63, 3.8) is 0 Å². The van der Waals surface area contributed by atoms with Crippen molar-refractivity contribution in [3.8, 4) is 22.2 Å². The van der Waals surface area contributed by atoms with Crippen molar-refractivity contribution in [1.29, 1.82) is 0 Å². The monoisotopic (exact) mass is 439 g/mol. The van der Waals surface area contributed by atoms with Gasteiger partial charge in [0.1, 0.15) is 0 Å². The number of aryl methyl sites for hydroxylation is 1. The lowest BCUT2D eigenvalue weighted by atomic mass is 10.2. The van der Waals surface area contributed by atoms with E-state index in [-0.39, 0.29) is 23.4 Å². The second-order valence-electron chi connectivity index (χ2n) is 6.45. The Morgan fingerprint density at radius 2 is 2.21 bits per heavy atom. The lowest BCUT2D eigenvalue weighted by molar-refractivity contribution is 0.114. The van der Waals surface area contributed by atoms with E-state index in [0.29, 0.717) is 27.2 Å². The average molecular weight is 440 g/mol. The van der Waals surface area contributed by atoms with Crippen LogP contribution in [0.5, 0.6) is 0 Å². The summed E-state index contributed by atoms with van der Waals surface area (Å²) in [6.07, 6.45) is 1.76. The summed E-state index contributed by atoms with van der Waals surface area (Å²) in [4.78, 5) is 5.84. The van der Waals surface area contributed by atoms with Crippen LogP contribution in [0, 0.1) is 6.92 Å². The van der Waals surface area contributed by atoms with Crippen LogP contribution < -0.4 is 4.72 Å². The number of nitrogens with zero attached hydrogens (tertiary/aromatic N) is 2. The van der Waals surface area contributed by atoms with Gasteiger partial charge in [0.2, 0.25) is 15.8 Å². The van der Waals surface area contributed by atoms with Crippen molar-refractivity contribution < 1.29 is 17.7 Å². The Bertz CT molecular complexity index is 1090. The van der Waals surface area contributed by atoms with Gasteiger partial charge in [-0.3, -0.25) is 0 Å². The summed E-state index contributed by atoms with van der Waals surface area (Å²) in [5.41, 5.74) is 0.724. The quantitative estimate of drug-likeness (QED) is 0.626. The van der Waals surface area contributed by atoms with Crippen molar-refractivity contribution in [2.24, 2.45) is 0 Å². The summed E-state index contributed by atoms with van der Waals surface area (Å²) in [5, 5.41) is 4.54. The molecule has 0 unspecified atom stereocenters. The lowest BCUT2D eigenvalue weighted by Crippen LogP contribution is -2.31. The summed E-state index contributed by atoms with van der Waals surface area (Å²) in [7, 11) is -3.64. The first-order valence-corrected chi connectivity index (χ1v) is 11.4. The molecule has 28 heavy (non-hydrogen) atoms. The highest BCUT2D eigenvalue weighted by Gasteiger charge is 2.25.